The zero-order valence-corrected chi connectivity index (χ0v) is 8.77. The van der Waals surface area contributed by atoms with E-state index < -0.39 is 0 Å². The molecule has 0 aliphatic carbocycles. The molecule has 0 unspecified atom stereocenters. The lowest BCUT2D eigenvalue weighted by atomic mass is 10.1. The molecule has 0 N–H and O–H groups in total. The van der Waals surface area contributed by atoms with Gasteiger partial charge < -0.3 is 0 Å². The van der Waals surface area contributed by atoms with Crippen LogP contribution in [0.25, 0.3) is 0 Å². The Bertz CT molecular complexity index is 141. The topological polar surface area (TPSA) is 19.9 Å². The minimum Gasteiger partial charge on any atom is -0.237 e. The summed E-state index contributed by atoms with van der Waals surface area (Å²) in [6.45, 7) is 2.27. The van der Waals surface area contributed by atoms with Crippen LogP contribution in [0.3, 0.4) is 0 Å². The van der Waals surface area contributed by atoms with Crippen LogP contribution in [0, 0.1) is 11.8 Å². The molecule has 1 radical (unpaired) electrons. The molecule has 0 heterocycles. The van der Waals surface area contributed by atoms with Gasteiger partial charge in [-0.25, -0.2) is 5.11 Å². The van der Waals surface area contributed by atoms with E-state index in [2.05, 4.69) is 18.8 Å². The van der Waals surface area contributed by atoms with E-state index in [9.17, 15) is 5.11 Å². The van der Waals surface area contributed by atoms with Crippen molar-refractivity contribution < 1.29 is 5.11 Å². The van der Waals surface area contributed by atoms with Gasteiger partial charge in [-0.3, -0.25) is 0 Å². The van der Waals surface area contributed by atoms with E-state index in [0.29, 0.717) is 0 Å². The molecule has 0 saturated heterocycles. The maximum atomic E-state index is 10.1. The van der Waals surface area contributed by atoms with Crippen LogP contribution in [-0.2, 0) is 5.11 Å². The Hall–Kier alpha value is -0.480. The molecular weight excluding hydrogens is 160 g/mol. The minimum absolute atomic E-state index is 0.0855. The molecule has 0 rings (SSSR count). The summed E-state index contributed by atoms with van der Waals surface area (Å²) in [5, 5.41) is 10.1. The van der Waals surface area contributed by atoms with Crippen LogP contribution in [0.2, 0.25) is 0 Å². The standard InChI is InChI=1S/C12H21O/c1-2-3-4-5-6-7-8-9-10-11-12-13/h2-4,7-12H2,1H3. The van der Waals surface area contributed by atoms with E-state index in [0.717, 1.165) is 25.7 Å². The highest BCUT2D eigenvalue weighted by Crippen LogP contribution is 2.01. The van der Waals surface area contributed by atoms with E-state index in [1.807, 2.05) is 0 Å². The van der Waals surface area contributed by atoms with Crippen LogP contribution in [-0.4, -0.2) is 6.61 Å². The Morgan fingerprint density at radius 2 is 1.46 bits per heavy atom. The van der Waals surface area contributed by atoms with E-state index in [1.165, 1.54) is 25.7 Å². The third kappa shape index (κ3) is 11.5. The largest absolute Gasteiger partial charge is 0.237 e. The second kappa shape index (κ2) is 11.5. The summed E-state index contributed by atoms with van der Waals surface area (Å²) in [7, 11) is 0. The Kier molecular flexibility index (Phi) is 11.1. The van der Waals surface area contributed by atoms with Gasteiger partial charge in [0.2, 0.25) is 0 Å². The van der Waals surface area contributed by atoms with Crippen LogP contribution in [0.15, 0.2) is 0 Å². The van der Waals surface area contributed by atoms with Crippen molar-refractivity contribution in [3.8, 4) is 11.8 Å². The summed E-state index contributed by atoms with van der Waals surface area (Å²) >= 11 is 0. The van der Waals surface area contributed by atoms with Crippen molar-refractivity contribution in [3.05, 3.63) is 0 Å². The Labute approximate surface area is 82.5 Å². The molecule has 0 bridgehead atoms. The smallest absolute Gasteiger partial charge is 0.0822 e. The molecule has 1 heteroatoms. The highest BCUT2D eigenvalue weighted by molar-refractivity contribution is 4.98. The van der Waals surface area contributed by atoms with Crippen molar-refractivity contribution in [1.82, 2.24) is 0 Å². The van der Waals surface area contributed by atoms with Crippen LogP contribution in [0.1, 0.15) is 58.3 Å². The Morgan fingerprint density at radius 3 is 2.08 bits per heavy atom. The number of hydrogen-bond donors (Lipinski definition) is 0. The fourth-order valence-electron chi connectivity index (χ4n) is 1.11. The molecule has 0 aromatic rings. The first-order chi connectivity index (χ1) is 6.41. The summed E-state index contributed by atoms with van der Waals surface area (Å²) in [5.41, 5.74) is 0. The summed E-state index contributed by atoms with van der Waals surface area (Å²) in [6.07, 6.45) is 8.79. The molecule has 0 fully saturated rings. The lowest BCUT2D eigenvalue weighted by Crippen LogP contribution is -1.81. The van der Waals surface area contributed by atoms with Gasteiger partial charge in [0.1, 0.15) is 0 Å². The van der Waals surface area contributed by atoms with Crippen LogP contribution < -0.4 is 0 Å². The predicted molar refractivity (Wildman–Crippen MR) is 55.9 cm³/mol. The fraction of sp³-hybridized carbons (Fsp3) is 0.833. The fourth-order valence-corrected chi connectivity index (χ4v) is 1.11. The van der Waals surface area contributed by atoms with Crippen molar-refractivity contribution in [3.63, 3.8) is 0 Å². The zero-order chi connectivity index (χ0) is 9.78. The third-order valence-electron chi connectivity index (χ3n) is 1.98. The van der Waals surface area contributed by atoms with Crippen molar-refractivity contribution in [2.45, 2.75) is 58.3 Å². The van der Waals surface area contributed by atoms with E-state index in [4.69, 9.17) is 0 Å². The molecular formula is C12H21O. The monoisotopic (exact) mass is 181 g/mol. The van der Waals surface area contributed by atoms with Crippen molar-refractivity contribution in [1.29, 1.82) is 0 Å². The number of rotatable bonds is 7. The second-order valence-electron chi connectivity index (χ2n) is 3.33. The van der Waals surface area contributed by atoms with E-state index >= 15 is 0 Å². The molecule has 0 spiro atoms. The number of unbranched alkanes of at least 4 members (excludes halogenated alkanes) is 6. The van der Waals surface area contributed by atoms with Gasteiger partial charge >= 0.3 is 0 Å². The lowest BCUT2D eigenvalue weighted by Gasteiger charge is -1.93. The predicted octanol–water partition coefficient (Wildman–Crippen LogP) is 3.56. The summed E-state index contributed by atoms with van der Waals surface area (Å²) < 4.78 is 0. The molecule has 0 saturated carbocycles. The maximum absolute atomic E-state index is 10.1. The van der Waals surface area contributed by atoms with Gasteiger partial charge in [-0.15, -0.1) is 11.8 Å². The molecule has 0 aliphatic rings. The Morgan fingerprint density at radius 1 is 0.846 bits per heavy atom. The molecule has 75 valence electrons. The summed E-state index contributed by atoms with van der Waals surface area (Å²) in [5.74, 6) is 6.33. The van der Waals surface area contributed by atoms with Gasteiger partial charge in [-0.2, -0.15) is 0 Å². The quantitative estimate of drug-likeness (QED) is 0.423. The molecule has 0 aromatic carbocycles. The number of hydrogen-bond acceptors (Lipinski definition) is 0. The van der Waals surface area contributed by atoms with Crippen molar-refractivity contribution in [2.24, 2.45) is 0 Å². The SMILES string of the molecule is CCCCC#CCCCCCC[O]. The molecule has 1 nitrogen and oxygen atoms in total. The van der Waals surface area contributed by atoms with Gasteiger partial charge in [-0.05, 0) is 19.3 Å². The molecule has 0 aromatic heterocycles. The van der Waals surface area contributed by atoms with E-state index in [-0.39, 0.29) is 6.61 Å². The zero-order valence-electron chi connectivity index (χ0n) is 8.77. The minimum atomic E-state index is 0.0855. The summed E-state index contributed by atoms with van der Waals surface area (Å²) in [4.78, 5) is 0. The highest BCUT2D eigenvalue weighted by atomic mass is 16.2. The molecule has 0 atom stereocenters. The van der Waals surface area contributed by atoms with E-state index in [1.54, 1.807) is 0 Å². The van der Waals surface area contributed by atoms with Gasteiger partial charge in [0.25, 0.3) is 0 Å². The molecule has 0 aliphatic heterocycles. The molecule has 13 heavy (non-hydrogen) atoms. The Balaban J connectivity index is 2.99. The maximum Gasteiger partial charge on any atom is 0.0822 e. The average molecular weight is 181 g/mol. The summed E-state index contributed by atoms with van der Waals surface area (Å²) in [6, 6.07) is 0. The normalized spacial score (nSPS) is 9.38. The van der Waals surface area contributed by atoms with Crippen LogP contribution in [0.4, 0.5) is 0 Å². The van der Waals surface area contributed by atoms with Crippen molar-refractivity contribution >= 4 is 0 Å². The van der Waals surface area contributed by atoms with Crippen molar-refractivity contribution in [2.75, 3.05) is 6.61 Å². The van der Waals surface area contributed by atoms with Gasteiger partial charge in [0.15, 0.2) is 0 Å². The van der Waals surface area contributed by atoms with Gasteiger partial charge in [0.05, 0.1) is 6.61 Å². The average Bonchev–Trinajstić information content (AvgIpc) is 2.16. The van der Waals surface area contributed by atoms with Gasteiger partial charge in [0, 0.05) is 12.8 Å². The first-order valence-electron chi connectivity index (χ1n) is 5.45. The van der Waals surface area contributed by atoms with Crippen LogP contribution in [0.5, 0.6) is 0 Å². The highest BCUT2D eigenvalue weighted by Gasteiger charge is 1.86. The first-order valence-corrected chi connectivity index (χ1v) is 5.45. The molecule has 0 amide bonds. The van der Waals surface area contributed by atoms with Gasteiger partial charge in [-0.1, -0.05) is 26.2 Å². The first kappa shape index (κ1) is 12.5. The second-order valence-corrected chi connectivity index (χ2v) is 3.33. The third-order valence-corrected chi connectivity index (χ3v) is 1.98. The van der Waals surface area contributed by atoms with Crippen LogP contribution >= 0.6 is 0 Å². The lowest BCUT2D eigenvalue weighted by molar-refractivity contribution is 0.186.